The number of alkyl halides is 1. The molecule has 0 aromatic rings. The molecule has 290 valence electrons. The fraction of sp³-hybridized carbons (Fsp3) is 0.886. The van der Waals surface area contributed by atoms with E-state index < -0.39 is 83.1 Å². The quantitative estimate of drug-likeness (QED) is 0.0840. The molecule has 51 heavy (non-hydrogen) atoms. The topological polar surface area (TPSA) is 190 Å². The third kappa shape index (κ3) is 8.68. The number of carbonyl (C=O) groups is 4. The van der Waals surface area contributed by atoms with Gasteiger partial charge in [-0.2, -0.15) is 0 Å². The normalized spacial score (nSPS) is 41.4. The van der Waals surface area contributed by atoms with Crippen molar-refractivity contribution in [1.29, 1.82) is 0 Å². The summed E-state index contributed by atoms with van der Waals surface area (Å²) in [5.41, 5.74) is 2.42. The van der Waals surface area contributed by atoms with E-state index in [-0.39, 0.29) is 43.9 Å². The largest absolute Gasteiger partial charge is 0.455 e. The Labute approximate surface area is 300 Å². The number of rotatable bonds is 10. The number of unbranched alkanes of at least 4 members (excludes halogenated alkanes) is 1. The van der Waals surface area contributed by atoms with E-state index in [0.29, 0.717) is 19.3 Å². The molecule has 0 saturated carbocycles. The van der Waals surface area contributed by atoms with Crippen LogP contribution < -0.4 is 0 Å². The zero-order valence-corrected chi connectivity index (χ0v) is 32.0. The minimum Gasteiger partial charge on any atom is -0.455 e. The Morgan fingerprint density at radius 2 is 1.75 bits per heavy atom. The number of halogens is 1. The number of ether oxygens (including phenoxy) is 5. The Morgan fingerprint density at radius 3 is 2.31 bits per heavy atom. The molecule has 15 nitrogen and oxygen atoms in total. The van der Waals surface area contributed by atoms with E-state index in [9.17, 15) is 24.3 Å². The van der Waals surface area contributed by atoms with Crippen LogP contribution in [0.3, 0.4) is 0 Å². The number of esters is 1. The van der Waals surface area contributed by atoms with Crippen molar-refractivity contribution in [2.45, 2.75) is 147 Å². The first-order chi connectivity index (χ1) is 23.7. The molecule has 1 unspecified atom stereocenters. The lowest BCUT2D eigenvalue weighted by atomic mass is 9.73. The van der Waals surface area contributed by atoms with E-state index in [1.54, 1.807) is 34.6 Å². The highest BCUT2D eigenvalue weighted by molar-refractivity contribution is 6.08. The summed E-state index contributed by atoms with van der Waals surface area (Å²) in [5, 5.41) is 14.9. The predicted molar refractivity (Wildman–Crippen MR) is 183 cm³/mol. The van der Waals surface area contributed by atoms with Gasteiger partial charge in [-0.1, -0.05) is 32.8 Å². The second kappa shape index (κ2) is 16.9. The third-order valence-electron chi connectivity index (χ3n) is 11.2. The lowest BCUT2D eigenvalue weighted by Crippen LogP contribution is -2.61. The molecular formula is C35H58FN5O10. The second-order valence-electron chi connectivity index (χ2n) is 15.3. The van der Waals surface area contributed by atoms with Crippen molar-refractivity contribution in [3.05, 3.63) is 10.4 Å². The molecule has 1 amide bonds. The maximum atomic E-state index is 16.7. The number of ketones is 2. The van der Waals surface area contributed by atoms with Gasteiger partial charge in [-0.05, 0) is 79.4 Å². The summed E-state index contributed by atoms with van der Waals surface area (Å²) in [5.74, 6) is -5.88. The number of methoxy groups -OCH3 is 1. The van der Waals surface area contributed by atoms with E-state index >= 15 is 4.39 Å². The monoisotopic (exact) mass is 727 g/mol. The maximum absolute atomic E-state index is 16.7. The molecule has 3 aliphatic rings. The zero-order valence-electron chi connectivity index (χ0n) is 32.0. The van der Waals surface area contributed by atoms with Gasteiger partial charge in [0.25, 0.3) is 5.67 Å². The summed E-state index contributed by atoms with van der Waals surface area (Å²) in [6.07, 6.45) is -4.59. The van der Waals surface area contributed by atoms with Gasteiger partial charge in [0.1, 0.15) is 18.0 Å². The summed E-state index contributed by atoms with van der Waals surface area (Å²) < 4.78 is 46.8. The molecule has 0 radical (unpaired) electrons. The number of carbonyl (C=O) groups excluding carboxylic acids is 4. The van der Waals surface area contributed by atoms with Crippen LogP contribution in [0.25, 0.3) is 10.4 Å². The number of Topliss-reactive ketones (excluding diaryl/α,β-unsaturated/α-hetero) is 2. The fourth-order valence-corrected chi connectivity index (χ4v) is 8.22. The standard InChI is InChI=1S/C35H58FN5O10/c1-12-24-35(8)27(41(32(46)51-35)16-14-13-15-38-39-37)21(4)25(42)19(2)18-33(6,47-11)29(22(5)28(44)34(7,36)31(45)49-24)50-30-26(43)23(40(9)10)17-20(3)48-30/h19-24,26-27,29-30,43H,12-18H2,1-11H3/t19-,20-,21+,22+,23+,24?,26-,27-,29-,30+,33-,34+,35-/m1/s1. The first-order valence-corrected chi connectivity index (χ1v) is 17.9. The van der Waals surface area contributed by atoms with E-state index in [1.165, 1.54) is 18.9 Å². The molecule has 13 atom stereocenters. The van der Waals surface area contributed by atoms with Gasteiger partial charge in [0, 0.05) is 48.9 Å². The first-order valence-electron chi connectivity index (χ1n) is 17.9. The Balaban J connectivity index is 2.15. The molecule has 0 spiro atoms. The van der Waals surface area contributed by atoms with Gasteiger partial charge in [-0.15, -0.1) is 0 Å². The number of likely N-dealkylation sites (N-methyl/N-ethyl adjacent to an activating group) is 1. The van der Waals surface area contributed by atoms with Crippen LogP contribution in [0.1, 0.15) is 87.5 Å². The van der Waals surface area contributed by atoms with Gasteiger partial charge in [-0.3, -0.25) is 9.59 Å². The average molecular weight is 728 g/mol. The molecule has 16 heteroatoms. The molecule has 3 rings (SSSR count). The molecule has 3 saturated heterocycles. The molecular weight excluding hydrogens is 669 g/mol. The van der Waals surface area contributed by atoms with Gasteiger partial charge in [0.05, 0.1) is 23.9 Å². The van der Waals surface area contributed by atoms with E-state index in [2.05, 4.69) is 10.0 Å². The molecule has 0 aliphatic carbocycles. The number of hydrogen-bond donors (Lipinski definition) is 1. The van der Waals surface area contributed by atoms with Gasteiger partial charge < -0.3 is 38.6 Å². The Morgan fingerprint density at radius 1 is 1.10 bits per heavy atom. The van der Waals surface area contributed by atoms with Crippen LogP contribution in [0.2, 0.25) is 0 Å². The van der Waals surface area contributed by atoms with Crippen molar-refractivity contribution in [2.24, 2.45) is 22.9 Å². The van der Waals surface area contributed by atoms with Crippen LogP contribution in [0.15, 0.2) is 5.11 Å². The van der Waals surface area contributed by atoms with Crippen LogP contribution in [0, 0.1) is 17.8 Å². The Kier molecular flexibility index (Phi) is 14.1. The minimum atomic E-state index is -3.18. The minimum absolute atomic E-state index is 0.0144. The van der Waals surface area contributed by atoms with Crippen LogP contribution in [0.4, 0.5) is 9.18 Å². The van der Waals surface area contributed by atoms with Crippen LogP contribution in [0.5, 0.6) is 0 Å². The van der Waals surface area contributed by atoms with Crippen molar-refractivity contribution in [2.75, 3.05) is 34.3 Å². The summed E-state index contributed by atoms with van der Waals surface area (Å²) in [6, 6.07) is -1.31. The number of cyclic esters (lactones) is 1. The second-order valence-corrected chi connectivity index (χ2v) is 15.3. The highest BCUT2D eigenvalue weighted by Crippen LogP contribution is 2.43. The zero-order chi connectivity index (χ0) is 38.6. The maximum Gasteiger partial charge on any atom is 0.410 e. The van der Waals surface area contributed by atoms with Crippen molar-refractivity contribution >= 4 is 23.6 Å². The SMILES string of the molecule is CCC1OC(=O)[C@@](C)(F)C(=O)[C@H](C)[C@@H](O[C@@H]2O[C@H](C)C[C@H](N(C)C)[C@H]2O)[C@](C)(OC)C[C@@H](C)C(=O)[C@H](C)[C@H]2N(CCCCN=[N+]=[N-])C(=O)O[C@]12C. The van der Waals surface area contributed by atoms with E-state index in [0.717, 1.165) is 6.92 Å². The number of amides is 1. The first kappa shape index (κ1) is 42.5. The Hall–Kier alpha value is -2.88. The van der Waals surface area contributed by atoms with Gasteiger partial charge in [0.2, 0.25) is 0 Å². The van der Waals surface area contributed by atoms with Crippen LogP contribution >= 0.6 is 0 Å². The number of azide groups is 1. The van der Waals surface area contributed by atoms with Gasteiger partial charge in [0.15, 0.2) is 17.7 Å². The molecule has 0 aromatic heterocycles. The van der Waals surface area contributed by atoms with E-state index in [1.807, 2.05) is 25.9 Å². The summed E-state index contributed by atoms with van der Waals surface area (Å²) >= 11 is 0. The van der Waals surface area contributed by atoms with Crippen LogP contribution in [-0.2, 0) is 38.1 Å². The van der Waals surface area contributed by atoms with Gasteiger partial charge >= 0.3 is 12.1 Å². The van der Waals surface area contributed by atoms with Crippen molar-refractivity contribution in [3.8, 4) is 0 Å². The van der Waals surface area contributed by atoms with Gasteiger partial charge in [-0.25, -0.2) is 14.0 Å². The van der Waals surface area contributed by atoms with Crippen molar-refractivity contribution in [3.63, 3.8) is 0 Å². The molecule has 3 aliphatic heterocycles. The number of aliphatic hydroxyl groups excluding tert-OH is 1. The average Bonchev–Trinajstić information content (AvgIpc) is 3.33. The predicted octanol–water partition coefficient (Wildman–Crippen LogP) is 4.37. The highest BCUT2D eigenvalue weighted by Gasteiger charge is 2.61. The number of aliphatic hydroxyl groups is 1. The third-order valence-corrected chi connectivity index (χ3v) is 11.2. The number of fused-ring (bicyclic) bond motifs is 1. The highest BCUT2D eigenvalue weighted by atomic mass is 19.1. The fourth-order valence-electron chi connectivity index (χ4n) is 8.22. The van der Waals surface area contributed by atoms with Crippen molar-refractivity contribution < 1.29 is 52.4 Å². The molecule has 0 bridgehead atoms. The molecule has 3 heterocycles. The molecule has 3 fully saturated rings. The molecule has 1 N–H and O–H groups in total. The Bertz CT molecular complexity index is 1330. The smallest absolute Gasteiger partial charge is 0.410 e. The van der Waals surface area contributed by atoms with Crippen molar-refractivity contribution in [1.82, 2.24) is 9.80 Å². The summed E-state index contributed by atoms with van der Waals surface area (Å²) in [4.78, 5) is 61.7. The number of hydrogen-bond acceptors (Lipinski definition) is 12. The lowest BCUT2D eigenvalue weighted by molar-refractivity contribution is -0.295. The number of nitrogens with zero attached hydrogens (tertiary/aromatic N) is 5. The summed E-state index contributed by atoms with van der Waals surface area (Å²) in [7, 11) is 5.01. The van der Waals surface area contributed by atoms with Crippen LogP contribution in [-0.4, -0.2) is 132 Å². The molecule has 0 aromatic carbocycles. The lowest BCUT2D eigenvalue weighted by Gasteiger charge is -2.47. The summed E-state index contributed by atoms with van der Waals surface area (Å²) in [6.45, 7) is 12.7. The van der Waals surface area contributed by atoms with E-state index in [4.69, 9.17) is 29.2 Å².